The largest absolute Gasteiger partial charge is 0.483 e. The SMILES string of the molecule is COCCn1cc(NC(=O)COc2cccc3c2OC(C)(C)C3)cn1. The molecule has 134 valence electrons. The van der Waals surface area contributed by atoms with Gasteiger partial charge in [-0.15, -0.1) is 0 Å². The fourth-order valence-electron chi connectivity index (χ4n) is 2.78. The van der Waals surface area contributed by atoms with Gasteiger partial charge in [0, 0.05) is 25.3 Å². The predicted octanol–water partition coefficient (Wildman–Crippen LogP) is 2.26. The van der Waals surface area contributed by atoms with Crippen molar-refractivity contribution in [2.75, 3.05) is 25.6 Å². The van der Waals surface area contributed by atoms with Crippen molar-refractivity contribution >= 4 is 11.6 Å². The average Bonchev–Trinajstić information content (AvgIpc) is 3.13. The molecule has 0 fully saturated rings. The van der Waals surface area contributed by atoms with Gasteiger partial charge in [0.1, 0.15) is 5.60 Å². The number of fused-ring (bicyclic) bond motifs is 1. The molecule has 7 heteroatoms. The summed E-state index contributed by atoms with van der Waals surface area (Å²) in [5, 5.41) is 6.91. The summed E-state index contributed by atoms with van der Waals surface area (Å²) in [6, 6.07) is 5.75. The van der Waals surface area contributed by atoms with Crippen LogP contribution in [0.4, 0.5) is 5.69 Å². The fourth-order valence-corrected chi connectivity index (χ4v) is 2.78. The minimum absolute atomic E-state index is 0.0938. The number of methoxy groups -OCH3 is 1. The molecular formula is C18H23N3O4. The standard InChI is InChI=1S/C18H23N3O4/c1-18(2)9-13-5-4-6-15(17(13)25-18)24-12-16(22)20-14-10-19-21(11-14)7-8-23-3/h4-6,10-11H,7-9,12H2,1-3H3,(H,20,22). The van der Waals surface area contributed by atoms with Gasteiger partial charge in [-0.25, -0.2) is 0 Å². The molecule has 0 saturated carbocycles. The van der Waals surface area contributed by atoms with E-state index in [1.54, 1.807) is 24.2 Å². The van der Waals surface area contributed by atoms with Gasteiger partial charge in [-0.1, -0.05) is 12.1 Å². The molecule has 0 atom stereocenters. The average molecular weight is 345 g/mol. The summed E-state index contributed by atoms with van der Waals surface area (Å²) in [4.78, 5) is 12.1. The van der Waals surface area contributed by atoms with Gasteiger partial charge in [0.2, 0.25) is 0 Å². The lowest BCUT2D eigenvalue weighted by Gasteiger charge is -2.18. The van der Waals surface area contributed by atoms with Gasteiger partial charge < -0.3 is 19.5 Å². The van der Waals surface area contributed by atoms with Crippen LogP contribution in [0.3, 0.4) is 0 Å². The number of ether oxygens (including phenoxy) is 3. The van der Waals surface area contributed by atoms with Gasteiger partial charge in [-0.3, -0.25) is 9.48 Å². The maximum absolute atomic E-state index is 12.1. The number of para-hydroxylation sites is 1. The van der Waals surface area contributed by atoms with Crippen LogP contribution in [0.15, 0.2) is 30.6 Å². The molecule has 1 aliphatic rings. The number of benzene rings is 1. The Morgan fingerprint density at radius 3 is 3.08 bits per heavy atom. The van der Waals surface area contributed by atoms with Gasteiger partial charge in [-0.2, -0.15) is 5.10 Å². The highest BCUT2D eigenvalue weighted by Crippen LogP contribution is 2.41. The van der Waals surface area contributed by atoms with Gasteiger partial charge in [-0.05, 0) is 19.9 Å². The van der Waals surface area contributed by atoms with Gasteiger partial charge in [0.05, 0.1) is 25.0 Å². The van der Waals surface area contributed by atoms with E-state index in [0.29, 0.717) is 24.6 Å². The minimum Gasteiger partial charge on any atom is -0.483 e. The summed E-state index contributed by atoms with van der Waals surface area (Å²) in [5.74, 6) is 1.07. The highest BCUT2D eigenvalue weighted by molar-refractivity contribution is 5.91. The maximum Gasteiger partial charge on any atom is 0.262 e. The van der Waals surface area contributed by atoms with Crippen LogP contribution in [-0.2, 0) is 22.5 Å². The quantitative estimate of drug-likeness (QED) is 0.833. The molecule has 3 rings (SSSR count). The number of anilines is 1. The summed E-state index contributed by atoms with van der Waals surface area (Å²) in [7, 11) is 1.63. The van der Waals surface area contributed by atoms with Gasteiger partial charge >= 0.3 is 0 Å². The number of amides is 1. The highest BCUT2D eigenvalue weighted by Gasteiger charge is 2.32. The zero-order valence-corrected chi connectivity index (χ0v) is 14.7. The molecule has 2 aromatic rings. The Labute approximate surface area is 146 Å². The lowest BCUT2D eigenvalue weighted by atomic mass is 10.0. The van der Waals surface area contributed by atoms with E-state index >= 15 is 0 Å². The van der Waals surface area contributed by atoms with Crippen molar-refractivity contribution in [3.8, 4) is 11.5 Å². The number of aromatic nitrogens is 2. The van der Waals surface area contributed by atoms with Crippen molar-refractivity contribution in [2.24, 2.45) is 0 Å². The van der Waals surface area contributed by atoms with Crippen molar-refractivity contribution in [2.45, 2.75) is 32.4 Å². The zero-order chi connectivity index (χ0) is 17.9. The van der Waals surface area contributed by atoms with Crippen LogP contribution in [0.1, 0.15) is 19.4 Å². The Morgan fingerprint density at radius 1 is 1.44 bits per heavy atom. The number of nitrogens with zero attached hydrogens (tertiary/aromatic N) is 2. The molecule has 0 radical (unpaired) electrons. The normalized spacial score (nSPS) is 14.7. The zero-order valence-electron chi connectivity index (χ0n) is 14.7. The van der Waals surface area contributed by atoms with Crippen LogP contribution < -0.4 is 14.8 Å². The van der Waals surface area contributed by atoms with E-state index in [1.165, 1.54) is 0 Å². The third kappa shape index (κ3) is 4.30. The van der Waals surface area contributed by atoms with Gasteiger partial charge in [0.15, 0.2) is 18.1 Å². The Balaban J connectivity index is 1.55. The summed E-state index contributed by atoms with van der Waals surface area (Å²) < 4.78 is 18.3. The summed E-state index contributed by atoms with van der Waals surface area (Å²) in [5.41, 5.74) is 1.48. The van der Waals surface area contributed by atoms with Crippen molar-refractivity contribution in [1.29, 1.82) is 0 Å². The molecule has 7 nitrogen and oxygen atoms in total. The number of carbonyl (C=O) groups is 1. The number of rotatable bonds is 7. The van der Waals surface area contributed by atoms with E-state index < -0.39 is 0 Å². The van der Waals surface area contributed by atoms with E-state index in [9.17, 15) is 4.79 Å². The van der Waals surface area contributed by atoms with Crippen molar-refractivity contribution in [3.63, 3.8) is 0 Å². The topological polar surface area (TPSA) is 74.6 Å². The molecule has 25 heavy (non-hydrogen) atoms. The smallest absolute Gasteiger partial charge is 0.262 e. The lowest BCUT2D eigenvalue weighted by Crippen LogP contribution is -2.25. The van der Waals surface area contributed by atoms with Gasteiger partial charge in [0.25, 0.3) is 5.91 Å². The molecule has 1 aliphatic heterocycles. The number of nitrogens with one attached hydrogen (secondary N) is 1. The van der Waals surface area contributed by atoms with E-state index in [2.05, 4.69) is 10.4 Å². The van der Waals surface area contributed by atoms with Crippen LogP contribution >= 0.6 is 0 Å². The first-order valence-corrected chi connectivity index (χ1v) is 8.22. The third-order valence-electron chi connectivity index (χ3n) is 3.86. The summed E-state index contributed by atoms with van der Waals surface area (Å²) in [6.45, 7) is 5.17. The number of hydrogen-bond donors (Lipinski definition) is 1. The fraction of sp³-hybridized carbons (Fsp3) is 0.444. The second kappa shape index (κ2) is 7.14. The molecule has 2 heterocycles. The second-order valence-electron chi connectivity index (χ2n) is 6.60. The Morgan fingerprint density at radius 2 is 2.28 bits per heavy atom. The Bertz CT molecular complexity index is 755. The molecular weight excluding hydrogens is 322 g/mol. The predicted molar refractivity (Wildman–Crippen MR) is 93.1 cm³/mol. The Hall–Kier alpha value is -2.54. The highest BCUT2D eigenvalue weighted by atomic mass is 16.5. The number of hydrogen-bond acceptors (Lipinski definition) is 5. The third-order valence-corrected chi connectivity index (χ3v) is 3.86. The van der Waals surface area contributed by atoms with Crippen LogP contribution in [0.25, 0.3) is 0 Å². The second-order valence-corrected chi connectivity index (χ2v) is 6.60. The molecule has 0 unspecified atom stereocenters. The van der Waals surface area contributed by atoms with Crippen molar-refractivity contribution in [3.05, 3.63) is 36.2 Å². The first-order chi connectivity index (χ1) is 12.0. The monoisotopic (exact) mass is 345 g/mol. The van der Waals surface area contributed by atoms with E-state index in [0.717, 1.165) is 17.7 Å². The summed E-state index contributed by atoms with van der Waals surface area (Å²) >= 11 is 0. The van der Waals surface area contributed by atoms with E-state index in [1.807, 2.05) is 32.0 Å². The molecule has 1 aromatic carbocycles. The van der Waals surface area contributed by atoms with Crippen molar-refractivity contribution in [1.82, 2.24) is 9.78 Å². The molecule has 0 spiro atoms. The first kappa shape index (κ1) is 17.3. The molecule has 1 aromatic heterocycles. The van der Waals surface area contributed by atoms with Crippen LogP contribution in [-0.4, -0.2) is 41.6 Å². The molecule has 1 amide bonds. The number of carbonyl (C=O) groups excluding carboxylic acids is 1. The van der Waals surface area contributed by atoms with Crippen molar-refractivity contribution < 1.29 is 19.0 Å². The van der Waals surface area contributed by atoms with Crippen LogP contribution in [0.5, 0.6) is 11.5 Å². The van der Waals surface area contributed by atoms with Crippen LogP contribution in [0, 0.1) is 0 Å². The minimum atomic E-state index is -0.249. The molecule has 1 N–H and O–H groups in total. The van der Waals surface area contributed by atoms with E-state index in [-0.39, 0.29) is 18.1 Å². The first-order valence-electron chi connectivity index (χ1n) is 8.22. The molecule has 0 bridgehead atoms. The Kier molecular flexibility index (Phi) is 4.94. The lowest BCUT2D eigenvalue weighted by molar-refractivity contribution is -0.118. The maximum atomic E-state index is 12.1. The molecule has 0 saturated heterocycles. The summed E-state index contributed by atoms with van der Waals surface area (Å²) in [6.07, 6.45) is 4.18. The molecule has 0 aliphatic carbocycles. The van der Waals surface area contributed by atoms with E-state index in [4.69, 9.17) is 14.2 Å². The van der Waals surface area contributed by atoms with Crippen LogP contribution in [0.2, 0.25) is 0 Å².